The first kappa shape index (κ1) is 31.2. The topological polar surface area (TPSA) is 182 Å². The summed E-state index contributed by atoms with van der Waals surface area (Å²) in [4.78, 5) is 66.9. The molecule has 5 atom stereocenters. The third-order valence-electron chi connectivity index (χ3n) is 8.77. The zero-order valence-electron chi connectivity index (χ0n) is 24.0. The Balaban J connectivity index is 1.42. The molecule has 4 N–H and O–H groups in total. The SMILES string of the molecule is C=C[C@@H]1C[C@]1(NC(=O)[C@@H]1C[C@@H](C2c3cccc(F)c3CN2C(=O)O)CN1C(=O)CNC(=O)C=CC)C(=O)NS(=O)(=O)C1CC1. The van der Waals surface area contributed by atoms with Crippen molar-refractivity contribution < 1.29 is 41.9 Å². The number of benzene rings is 1. The van der Waals surface area contributed by atoms with Crippen LogP contribution >= 0.6 is 0 Å². The van der Waals surface area contributed by atoms with Crippen LogP contribution in [0.15, 0.2) is 43.0 Å². The predicted molar refractivity (Wildman–Crippen MR) is 153 cm³/mol. The number of hydrogen-bond donors (Lipinski definition) is 4. The zero-order chi connectivity index (χ0) is 32.0. The van der Waals surface area contributed by atoms with Gasteiger partial charge in [0.05, 0.1) is 24.4 Å². The largest absolute Gasteiger partial charge is 0.465 e. The molecule has 236 valence electrons. The van der Waals surface area contributed by atoms with Crippen molar-refractivity contribution in [1.29, 1.82) is 0 Å². The molecule has 15 heteroatoms. The van der Waals surface area contributed by atoms with Crippen LogP contribution in [0.2, 0.25) is 0 Å². The number of allylic oxidation sites excluding steroid dienone is 1. The number of nitrogens with one attached hydrogen (secondary N) is 3. The van der Waals surface area contributed by atoms with Crippen molar-refractivity contribution >= 4 is 39.7 Å². The van der Waals surface area contributed by atoms with Crippen molar-refractivity contribution in [3.8, 4) is 0 Å². The Hall–Kier alpha value is -4.27. The second-order valence-electron chi connectivity index (χ2n) is 11.6. The van der Waals surface area contributed by atoms with Crippen molar-refractivity contribution in [3.63, 3.8) is 0 Å². The van der Waals surface area contributed by atoms with E-state index in [0.29, 0.717) is 18.4 Å². The highest BCUT2D eigenvalue weighted by atomic mass is 32.2. The van der Waals surface area contributed by atoms with Gasteiger partial charge >= 0.3 is 6.09 Å². The van der Waals surface area contributed by atoms with Crippen LogP contribution in [0.4, 0.5) is 9.18 Å². The summed E-state index contributed by atoms with van der Waals surface area (Å²) in [6, 6.07) is 2.24. The highest BCUT2D eigenvalue weighted by Gasteiger charge is 2.62. The Morgan fingerprint density at radius 1 is 1.18 bits per heavy atom. The Bertz CT molecular complexity index is 1560. The molecule has 2 heterocycles. The zero-order valence-corrected chi connectivity index (χ0v) is 24.8. The van der Waals surface area contributed by atoms with Crippen LogP contribution in [0.25, 0.3) is 0 Å². The molecule has 1 unspecified atom stereocenters. The van der Waals surface area contributed by atoms with Gasteiger partial charge in [-0.15, -0.1) is 6.58 Å². The smallest absolute Gasteiger partial charge is 0.408 e. The van der Waals surface area contributed by atoms with Crippen molar-refractivity contribution in [2.75, 3.05) is 13.1 Å². The summed E-state index contributed by atoms with van der Waals surface area (Å²) in [7, 11) is -3.91. The van der Waals surface area contributed by atoms with Gasteiger partial charge in [0.1, 0.15) is 17.4 Å². The van der Waals surface area contributed by atoms with Gasteiger partial charge in [0.2, 0.25) is 27.7 Å². The number of carbonyl (C=O) groups excluding carboxylic acids is 4. The first-order valence-corrected chi connectivity index (χ1v) is 15.8. The van der Waals surface area contributed by atoms with Crippen LogP contribution in [-0.2, 0) is 35.7 Å². The molecule has 13 nitrogen and oxygen atoms in total. The Kier molecular flexibility index (Phi) is 8.27. The molecule has 44 heavy (non-hydrogen) atoms. The van der Waals surface area contributed by atoms with Crippen molar-refractivity contribution in [3.05, 3.63) is 60.0 Å². The molecule has 5 rings (SSSR count). The van der Waals surface area contributed by atoms with Crippen LogP contribution in [0.3, 0.4) is 0 Å². The van der Waals surface area contributed by atoms with Crippen LogP contribution in [0.5, 0.6) is 0 Å². The Labute approximate surface area is 253 Å². The average molecular weight is 632 g/mol. The normalized spacial score (nSPS) is 27.5. The van der Waals surface area contributed by atoms with Crippen molar-refractivity contribution in [2.45, 2.75) is 62.0 Å². The number of fused-ring (bicyclic) bond motifs is 1. The maximum absolute atomic E-state index is 14.7. The van der Waals surface area contributed by atoms with E-state index in [0.717, 1.165) is 4.90 Å². The lowest BCUT2D eigenvalue weighted by atomic mass is 9.90. The fraction of sp³-hybridized carbons (Fsp3) is 0.483. The number of carboxylic acid groups (broad SMARTS) is 1. The molecule has 1 aromatic carbocycles. The number of rotatable bonds is 10. The lowest BCUT2D eigenvalue weighted by Gasteiger charge is -2.28. The Morgan fingerprint density at radius 3 is 2.52 bits per heavy atom. The molecule has 5 amide bonds. The minimum Gasteiger partial charge on any atom is -0.465 e. The molecule has 3 fully saturated rings. The maximum atomic E-state index is 14.7. The number of hydrogen-bond acceptors (Lipinski definition) is 7. The van der Waals surface area contributed by atoms with Gasteiger partial charge in [0.15, 0.2) is 0 Å². The number of amides is 5. The summed E-state index contributed by atoms with van der Waals surface area (Å²) in [5, 5.41) is 14.4. The third-order valence-corrected chi connectivity index (χ3v) is 10.6. The first-order valence-electron chi connectivity index (χ1n) is 14.3. The molecular weight excluding hydrogens is 597 g/mol. The molecule has 0 aromatic heterocycles. The fourth-order valence-electron chi connectivity index (χ4n) is 6.27. The van der Waals surface area contributed by atoms with Crippen molar-refractivity contribution in [1.82, 2.24) is 25.2 Å². The van der Waals surface area contributed by atoms with E-state index in [1.54, 1.807) is 13.0 Å². The summed E-state index contributed by atoms with van der Waals surface area (Å²) >= 11 is 0. The van der Waals surface area contributed by atoms with E-state index in [1.165, 1.54) is 35.3 Å². The van der Waals surface area contributed by atoms with Crippen LogP contribution in [0.1, 0.15) is 49.8 Å². The molecule has 1 saturated heterocycles. The van der Waals surface area contributed by atoms with Crippen molar-refractivity contribution in [2.24, 2.45) is 11.8 Å². The summed E-state index contributed by atoms with van der Waals surface area (Å²) in [6.07, 6.45) is 3.77. The number of carbonyl (C=O) groups is 5. The predicted octanol–water partition coefficient (Wildman–Crippen LogP) is 0.939. The van der Waals surface area contributed by atoms with Gasteiger partial charge in [0, 0.05) is 23.9 Å². The molecule has 0 spiro atoms. The highest BCUT2D eigenvalue weighted by Crippen LogP contribution is 2.47. The molecule has 1 aromatic rings. The van der Waals surface area contributed by atoms with Crippen LogP contribution in [-0.4, -0.2) is 83.0 Å². The van der Waals surface area contributed by atoms with Crippen LogP contribution < -0.4 is 15.4 Å². The van der Waals surface area contributed by atoms with E-state index in [-0.39, 0.29) is 31.5 Å². The lowest BCUT2D eigenvalue weighted by Crippen LogP contribution is -2.57. The third kappa shape index (κ3) is 5.79. The number of halogens is 1. The summed E-state index contributed by atoms with van der Waals surface area (Å²) in [5.41, 5.74) is -0.949. The Morgan fingerprint density at radius 2 is 1.91 bits per heavy atom. The second-order valence-corrected chi connectivity index (χ2v) is 13.6. The van der Waals surface area contributed by atoms with E-state index in [4.69, 9.17) is 0 Å². The first-order chi connectivity index (χ1) is 20.8. The summed E-state index contributed by atoms with van der Waals surface area (Å²) in [6.45, 7) is 4.55. The van der Waals surface area contributed by atoms with E-state index in [1.807, 2.05) is 0 Å². The number of sulfonamides is 1. The highest BCUT2D eigenvalue weighted by molar-refractivity contribution is 7.91. The molecule has 0 bridgehead atoms. The molecular formula is C29H34FN5O8S. The fourth-order valence-corrected chi connectivity index (χ4v) is 7.63. The van der Waals surface area contributed by atoms with E-state index in [2.05, 4.69) is 21.9 Å². The minimum atomic E-state index is -3.91. The molecule has 2 aliphatic carbocycles. The van der Waals surface area contributed by atoms with Gasteiger partial charge in [-0.2, -0.15) is 0 Å². The van der Waals surface area contributed by atoms with E-state index < -0.39 is 86.8 Å². The average Bonchev–Trinajstić information content (AvgIpc) is 3.86. The van der Waals surface area contributed by atoms with Gasteiger partial charge in [-0.25, -0.2) is 17.6 Å². The summed E-state index contributed by atoms with van der Waals surface area (Å²) < 4.78 is 41.7. The molecule has 2 saturated carbocycles. The summed E-state index contributed by atoms with van der Waals surface area (Å²) in [5.74, 6) is -4.58. The van der Waals surface area contributed by atoms with E-state index >= 15 is 0 Å². The molecule has 2 aliphatic heterocycles. The molecule has 0 radical (unpaired) electrons. The van der Waals surface area contributed by atoms with Gasteiger partial charge in [-0.3, -0.25) is 28.8 Å². The van der Waals surface area contributed by atoms with Gasteiger partial charge in [-0.1, -0.05) is 24.3 Å². The number of nitrogens with zero attached hydrogens (tertiary/aromatic N) is 2. The second kappa shape index (κ2) is 11.7. The quantitative estimate of drug-likeness (QED) is 0.217. The maximum Gasteiger partial charge on any atom is 0.408 e. The van der Waals surface area contributed by atoms with Gasteiger partial charge < -0.3 is 20.6 Å². The van der Waals surface area contributed by atoms with Crippen LogP contribution in [0, 0.1) is 17.7 Å². The monoisotopic (exact) mass is 631 g/mol. The molecule has 4 aliphatic rings. The van der Waals surface area contributed by atoms with E-state index in [9.17, 15) is 41.9 Å². The lowest BCUT2D eigenvalue weighted by molar-refractivity contribution is -0.139. The van der Waals surface area contributed by atoms with Gasteiger partial charge in [0.25, 0.3) is 5.91 Å². The minimum absolute atomic E-state index is 0.0401. The number of likely N-dealkylation sites (tertiary alicyclic amines) is 1. The van der Waals surface area contributed by atoms with Gasteiger partial charge in [-0.05, 0) is 50.3 Å². The standard InChI is InChI=1S/C29H34FN5O8S/c1-3-6-23(36)31-13-24(37)34-14-16(25-19-7-5-8-21(30)20(19)15-35(25)28(40)41)11-22(34)26(38)32-29(12-17(29)4-2)27(39)33-44(42,43)18-9-10-18/h3-8,16-18,22,25H,2,9-15H2,1H3,(H,31,36)(H,32,38)(H,33,39)(H,40,41)/t16-,17-,22+,25?,29-/m1/s1.